The first kappa shape index (κ1) is 25.3. The lowest BCUT2D eigenvalue weighted by Crippen LogP contribution is -2.48. The number of amides is 3. The van der Waals surface area contributed by atoms with Gasteiger partial charge in [0.25, 0.3) is 0 Å². The van der Waals surface area contributed by atoms with E-state index in [0.717, 1.165) is 12.0 Å². The van der Waals surface area contributed by atoms with Crippen LogP contribution in [0.1, 0.15) is 58.9 Å². The fourth-order valence-corrected chi connectivity index (χ4v) is 2.53. The van der Waals surface area contributed by atoms with Crippen LogP contribution in [0.2, 0.25) is 0 Å². The largest absolute Gasteiger partial charge is 0.445 e. The van der Waals surface area contributed by atoms with E-state index in [4.69, 9.17) is 9.47 Å². The molecule has 8 nitrogen and oxygen atoms in total. The number of nitrogens with one attached hydrogen (secondary N) is 3. The summed E-state index contributed by atoms with van der Waals surface area (Å²) in [5.41, 5.74) is 0.278. The molecule has 0 radical (unpaired) electrons. The average Bonchev–Trinajstić information content (AvgIpc) is 2.68. The molecule has 1 rings (SSSR count). The Hall–Kier alpha value is -2.77. The van der Waals surface area contributed by atoms with Crippen molar-refractivity contribution in [2.75, 3.05) is 13.1 Å². The molecule has 0 saturated carbocycles. The number of carbonyl (C=O) groups excluding carboxylic acids is 3. The maximum Gasteiger partial charge on any atom is 0.408 e. The Kier molecular flexibility index (Phi) is 11.3. The van der Waals surface area contributed by atoms with Crippen LogP contribution in [0.4, 0.5) is 9.59 Å². The Morgan fingerprint density at radius 1 is 0.967 bits per heavy atom. The molecule has 0 aliphatic rings. The number of ether oxygens (including phenoxy) is 2. The van der Waals surface area contributed by atoms with Crippen molar-refractivity contribution >= 4 is 18.1 Å². The Morgan fingerprint density at radius 2 is 1.67 bits per heavy atom. The van der Waals surface area contributed by atoms with Gasteiger partial charge in [0.1, 0.15) is 18.2 Å². The lowest BCUT2D eigenvalue weighted by molar-refractivity contribution is -0.123. The number of unbranched alkanes of at least 4 members (excludes halogenated alkanes) is 1. The highest BCUT2D eigenvalue weighted by atomic mass is 16.6. The predicted molar refractivity (Wildman–Crippen MR) is 115 cm³/mol. The molecule has 3 N–H and O–H groups in total. The minimum Gasteiger partial charge on any atom is -0.445 e. The highest BCUT2D eigenvalue weighted by molar-refractivity contribution is 5.85. The van der Waals surface area contributed by atoms with E-state index in [1.54, 1.807) is 20.8 Å². The minimum absolute atomic E-state index is 0.214. The van der Waals surface area contributed by atoms with Crippen LogP contribution < -0.4 is 16.0 Å². The van der Waals surface area contributed by atoms with Crippen LogP contribution in [0.3, 0.4) is 0 Å². The zero-order valence-corrected chi connectivity index (χ0v) is 18.5. The maximum absolute atomic E-state index is 12.3. The zero-order valence-electron chi connectivity index (χ0n) is 18.5. The fourth-order valence-electron chi connectivity index (χ4n) is 2.53. The van der Waals surface area contributed by atoms with E-state index in [-0.39, 0.29) is 12.5 Å². The second kappa shape index (κ2) is 13.5. The number of alkyl carbamates (subject to hydrolysis) is 2. The molecule has 0 aliphatic carbocycles. The van der Waals surface area contributed by atoms with Crippen LogP contribution in [0.15, 0.2) is 30.3 Å². The van der Waals surface area contributed by atoms with Crippen molar-refractivity contribution in [2.45, 2.75) is 71.6 Å². The first-order valence-corrected chi connectivity index (χ1v) is 10.4. The Bertz CT molecular complexity index is 658. The number of benzene rings is 1. The molecule has 0 aromatic heterocycles. The molecule has 0 saturated heterocycles. The summed E-state index contributed by atoms with van der Waals surface area (Å²) in [6.07, 6.45) is 1.42. The Morgan fingerprint density at radius 3 is 2.30 bits per heavy atom. The number of hydrogen-bond donors (Lipinski definition) is 3. The molecule has 168 valence electrons. The van der Waals surface area contributed by atoms with Crippen molar-refractivity contribution in [1.29, 1.82) is 0 Å². The van der Waals surface area contributed by atoms with Gasteiger partial charge in [0.2, 0.25) is 5.91 Å². The van der Waals surface area contributed by atoms with Crippen LogP contribution in [-0.2, 0) is 20.9 Å². The second-order valence-corrected chi connectivity index (χ2v) is 7.97. The van der Waals surface area contributed by atoms with Crippen LogP contribution in [-0.4, -0.2) is 42.8 Å². The number of rotatable bonds is 11. The van der Waals surface area contributed by atoms with Gasteiger partial charge in [-0.25, -0.2) is 9.59 Å². The summed E-state index contributed by atoms with van der Waals surface area (Å²) in [7, 11) is 0. The van der Waals surface area contributed by atoms with Crippen LogP contribution >= 0.6 is 0 Å². The van der Waals surface area contributed by atoms with Crippen LogP contribution in [0, 0.1) is 0 Å². The molecular formula is C22H35N3O5. The monoisotopic (exact) mass is 421 g/mol. The van der Waals surface area contributed by atoms with Gasteiger partial charge < -0.3 is 25.4 Å². The van der Waals surface area contributed by atoms with Crippen LogP contribution in [0.5, 0.6) is 0 Å². The molecule has 1 aromatic carbocycles. The molecule has 3 amide bonds. The molecule has 0 aliphatic heterocycles. The maximum atomic E-state index is 12.3. The van der Waals surface area contributed by atoms with Crippen molar-refractivity contribution in [1.82, 2.24) is 16.0 Å². The standard InChI is InChI=1S/C22H35N3O5/c1-5-14-23-19(26)18(25-21(28)30-22(2,3)4)13-9-10-15-24-20(27)29-16-17-11-7-6-8-12-17/h6-8,11-12,18H,5,9-10,13-16H2,1-4H3,(H,23,26)(H,24,27)(H,25,28)/t18-/m0/s1. The molecule has 0 fully saturated rings. The van der Waals surface area contributed by atoms with Gasteiger partial charge in [0.05, 0.1) is 0 Å². The fraction of sp³-hybridized carbons (Fsp3) is 0.591. The lowest BCUT2D eigenvalue weighted by Gasteiger charge is -2.23. The number of hydrogen-bond acceptors (Lipinski definition) is 5. The van der Waals surface area contributed by atoms with Crippen LogP contribution in [0.25, 0.3) is 0 Å². The summed E-state index contributed by atoms with van der Waals surface area (Å²) < 4.78 is 10.4. The molecule has 1 aromatic rings. The van der Waals surface area contributed by atoms with E-state index in [9.17, 15) is 14.4 Å². The van der Waals surface area contributed by atoms with E-state index in [1.807, 2.05) is 37.3 Å². The zero-order chi connectivity index (χ0) is 22.4. The van der Waals surface area contributed by atoms with Gasteiger partial charge in [-0.15, -0.1) is 0 Å². The lowest BCUT2D eigenvalue weighted by atomic mass is 10.1. The van der Waals surface area contributed by atoms with E-state index in [1.165, 1.54) is 0 Å². The summed E-state index contributed by atoms with van der Waals surface area (Å²) >= 11 is 0. The summed E-state index contributed by atoms with van der Waals surface area (Å²) in [6.45, 7) is 8.43. The van der Waals surface area contributed by atoms with E-state index < -0.39 is 23.8 Å². The van der Waals surface area contributed by atoms with Gasteiger partial charge in [-0.05, 0) is 52.0 Å². The third-order valence-electron chi connectivity index (χ3n) is 3.96. The van der Waals surface area contributed by atoms with Gasteiger partial charge in [-0.1, -0.05) is 37.3 Å². The average molecular weight is 422 g/mol. The highest BCUT2D eigenvalue weighted by Crippen LogP contribution is 2.08. The first-order chi connectivity index (χ1) is 14.2. The van der Waals surface area contributed by atoms with Crippen molar-refractivity contribution < 1.29 is 23.9 Å². The van der Waals surface area contributed by atoms with Crippen molar-refractivity contribution in [3.05, 3.63) is 35.9 Å². The second-order valence-electron chi connectivity index (χ2n) is 7.97. The topological polar surface area (TPSA) is 106 Å². The molecule has 8 heteroatoms. The van der Waals surface area contributed by atoms with Crippen molar-refractivity contribution in [3.63, 3.8) is 0 Å². The molecule has 0 unspecified atom stereocenters. The minimum atomic E-state index is -0.684. The van der Waals surface area contributed by atoms with Gasteiger partial charge in [-0.3, -0.25) is 4.79 Å². The third kappa shape index (κ3) is 11.9. The van der Waals surface area contributed by atoms with Gasteiger partial charge >= 0.3 is 12.2 Å². The Balaban J connectivity index is 2.34. The molecule has 0 bridgehead atoms. The summed E-state index contributed by atoms with van der Waals surface area (Å²) in [6, 6.07) is 8.75. The molecule has 30 heavy (non-hydrogen) atoms. The molecule has 0 spiro atoms. The Labute approximate surface area is 179 Å². The quantitative estimate of drug-likeness (QED) is 0.474. The van der Waals surface area contributed by atoms with E-state index in [2.05, 4.69) is 16.0 Å². The molecular weight excluding hydrogens is 386 g/mol. The molecule has 0 heterocycles. The van der Waals surface area contributed by atoms with E-state index >= 15 is 0 Å². The van der Waals surface area contributed by atoms with E-state index in [0.29, 0.717) is 32.4 Å². The molecule has 1 atom stereocenters. The van der Waals surface area contributed by atoms with Gasteiger partial charge in [0, 0.05) is 13.1 Å². The summed E-state index contributed by atoms with van der Waals surface area (Å²) in [5.74, 6) is -0.238. The van der Waals surface area contributed by atoms with Gasteiger partial charge in [0.15, 0.2) is 0 Å². The van der Waals surface area contributed by atoms with Crippen molar-refractivity contribution in [2.24, 2.45) is 0 Å². The summed E-state index contributed by atoms with van der Waals surface area (Å²) in [5, 5.41) is 8.12. The van der Waals surface area contributed by atoms with Gasteiger partial charge in [-0.2, -0.15) is 0 Å². The smallest absolute Gasteiger partial charge is 0.408 e. The third-order valence-corrected chi connectivity index (χ3v) is 3.96. The first-order valence-electron chi connectivity index (χ1n) is 10.4. The predicted octanol–water partition coefficient (Wildman–Crippen LogP) is 3.50. The normalized spacial score (nSPS) is 11.9. The number of carbonyl (C=O) groups is 3. The summed E-state index contributed by atoms with van der Waals surface area (Å²) in [4.78, 5) is 36.1. The highest BCUT2D eigenvalue weighted by Gasteiger charge is 2.23. The van der Waals surface area contributed by atoms with Crippen molar-refractivity contribution in [3.8, 4) is 0 Å². The SMILES string of the molecule is CCCNC(=O)[C@H](CCCCNC(=O)OCc1ccccc1)NC(=O)OC(C)(C)C.